The fourth-order valence-corrected chi connectivity index (χ4v) is 3.50. The zero-order chi connectivity index (χ0) is 12.8. The number of hydrogen-bond acceptors (Lipinski definition) is 2. The standard InChI is InChI=1S/C15H13O2Se.Rh/c1-17-15(16)14(12-8-4-2-5-9-12)18-13-10-6-3-7-11-13;/h2-11H,1H3;/q-1;. The molecule has 1 radical (unpaired) electrons. The van der Waals surface area contributed by atoms with Crippen molar-refractivity contribution >= 4 is 25.4 Å². The first-order chi connectivity index (χ1) is 8.81. The van der Waals surface area contributed by atoms with Gasteiger partial charge >= 0.3 is 113 Å². The van der Waals surface area contributed by atoms with E-state index in [0.29, 0.717) is 0 Å². The van der Waals surface area contributed by atoms with Crippen LogP contribution in [0.4, 0.5) is 0 Å². The minimum absolute atomic E-state index is 0. The predicted octanol–water partition coefficient (Wildman–Crippen LogP) is 1.77. The Balaban J connectivity index is 0.00000180. The van der Waals surface area contributed by atoms with Crippen molar-refractivity contribution in [1.29, 1.82) is 0 Å². The van der Waals surface area contributed by atoms with E-state index in [-0.39, 0.29) is 40.4 Å². The van der Waals surface area contributed by atoms with Crippen LogP contribution in [0.5, 0.6) is 0 Å². The summed E-state index contributed by atoms with van der Waals surface area (Å²) in [5.74, 6) is -0.245. The van der Waals surface area contributed by atoms with E-state index in [1.54, 1.807) is 0 Å². The molecule has 2 rings (SSSR count). The maximum atomic E-state index is 11.9. The Labute approximate surface area is 132 Å². The molecule has 0 unspecified atom stereocenters. The zero-order valence-electron chi connectivity index (χ0n) is 10.3. The van der Waals surface area contributed by atoms with Gasteiger partial charge in [0.15, 0.2) is 0 Å². The summed E-state index contributed by atoms with van der Waals surface area (Å²) < 4.78 is 6.04. The fourth-order valence-electron chi connectivity index (χ4n) is 1.51. The quantitative estimate of drug-likeness (QED) is 0.439. The normalized spacial score (nSPS) is 9.32. The van der Waals surface area contributed by atoms with Crippen molar-refractivity contribution in [3.05, 3.63) is 71.0 Å². The second kappa shape index (κ2) is 8.17. The predicted molar refractivity (Wildman–Crippen MR) is 72.6 cm³/mol. The second-order valence-corrected chi connectivity index (χ2v) is 5.88. The molecule has 0 bridgehead atoms. The Hall–Kier alpha value is -1.08. The van der Waals surface area contributed by atoms with Gasteiger partial charge in [0.05, 0.1) is 0 Å². The van der Waals surface area contributed by atoms with Gasteiger partial charge in [0.2, 0.25) is 0 Å². The molecule has 4 heteroatoms. The molecule has 2 aromatic rings. The maximum absolute atomic E-state index is 11.9. The number of ether oxygens (including phenoxy) is 1. The average Bonchev–Trinajstić information content (AvgIpc) is 2.46. The van der Waals surface area contributed by atoms with E-state index in [4.69, 9.17) is 4.74 Å². The smallest absolute Gasteiger partial charge is 0 e. The third-order valence-corrected chi connectivity index (χ3v) is 4.71. The van der Waals surface area contributed by atoms with Crippen molar-refractivity contribution in [3.63, 3.8) is 0 Å². The largest absolute Gasteiger partial charge is 0 e. The number of rotatable bonds is 4. The Morgan fingerprint density at radius 2 is 1.53 bits per heavy atom. The summed E-state index contributed by atoms with van der Waals surface area (Å²) in [5, 5.41) is 0. The number of esters is 1. The van der Waals surface area contributed by atoms with Gasteiger partial charge in [-0.2, -0.15) is 0 Å². The zero-order valence-corrected chi connectivity index (χ0v) is 13.7. The van der Waals surface area contributed by atoms with Crippen LogP contribution in [-0.2, 0) is 29.0 Å². The molecule has 0 heterocycles. The molecule has 0 N–H and O–H groups in total. The van der Waals surface area contributed by atoms with Gasteiger partial charge in [-0.3, -0.25) is 0 Å². The summed E-state index contributed by atoms with van der Waals surface area (Å²) in [4.78, 5) is 12.6. The molecule has 19 heavy (non-hydrogen) atoms. The molecule has 0 aliphatic carbocycles. The van der Waals surface area contributed by atoms with Crippen molar-refractivity contribution in [2.24, 2.45) is 0 Å². The molecule has 0 atom stereocenters. The summed E-state index contributed by atoms with van der Waals surface area (Å²) in [6.07, 6.45) is 0. The van der Waals surface area contributed by atoms with Crippen LogP contribution < -0.4 is 4.46 Å². The Kier molecular flexibility index (Phi) is 6.87. The third-order valence-electron chi connectivity index (χ3n) is 2.37. The minimum Gasteiger partial charge on any atom is 0 e. The molecule has 0 fully saturated rings. The van der Waals surface area contributed by atoms with Gasteiger partial charge in [-0.05, 0) is 0 Å². The van der Waals surface area contributed by atoms with Crippen molar-refractivity contribution in [1.82, 2.24) is 0 Å². The van der Waals surface area contributed by atoms with Crippen LogP contribution in [0.25, 0.3) is 0 Å². The number of carbonyl (C=O) groups is 1. The molecule has 0 aliphatic rings. The summed E-state index contributed by atoms with van der Waals surface area (Å²) in [7, 11) is 1.42. The van der Waals surface area contributed by atoms with Gasteiger partial charge in [-0.25, -0.2) is 0 Å². The van der Waals surface area contributed by atoms with E-state index in [9.17, 15) is 4.79 Å². The van der Waals surface area contributed by atoms with Gasteiger partial charge in [-0.15, -0.1) is 0 Å². The van der Waals surface area contributed by atoms with E-state index in [1.165, 1.54) is 7.11 Å². The van der Waals surface area contributed by atoms with Crippen molar-refractivity contribution in [2.75, 3.05) is 7.11 Å². The summed E-state index contributed by atoms with van der Waals surface area (Å²) in [5.41, 5.74) is 0.938. The molecule has 0 aliphatic heterocycles. The molecule has 101 valence electrons. The van der Waals surface area contributed by atoms with E-state index >= 15 is 0 Å². The van der Waals surface area contributed by atoms with E-state index in [0.717, 1.165) is 14.8 Å². The molecule has 2 nitrogen and oxygen atoms in total. The summed E-state index contributed by atoms with van der Waals surface area (Å²) in [6, 6.07) is 19.7. The van der Waals surface area contributed by atoms with Crippen molar-refractivity contribution < 1.29 is 29.0 Å². The molecule has 0 aromatic heterocycles. The first-order valence-corrected chi connectivity index (χ1v) is 7.26. The minimum atomic E-state index is -0.245. The van der Waals surface area contributed by atoms with Crippen LogP contribution >= 0.6 is 0 Å². The molecular formula is C15H13O2RhSe-. The van der Waals surface area contributed by atoms with Crippen LogP contribution in [0.15, 0.2) is 60.7 Å². The summed E-state index contributed by atoms with van der Waals surface area (Å²) in [6.45, 7) is 0. The van der Waals surface area contributed by atoms with Gasteiger partial charge in [-0.1, -0.05) is 0 Å². The number of carbonyl (C=O) groups excluding carboxylic acids is 1. The van der Waals surface area contributed by atoms with Crippen LogP contribution in [-0.4, -0.2) is 28.0 Å². The fraction of sp³-hybridized carbons (Fsp3) is 0.0667. The molecule has 2 aromatic carbocycles. The van der Waals surface area contributed by atoms with Crippen LogP contribution in [0, 0.1) is 4.82 Å². The summed E-state index contributed by atoms with van der Waals surface area (Å²) >= 11 is -0.0459. The van der Waals surface area contributed by atoms with Crippen LogP contribution in [0.1, 0.15) is 5.56 Å². The Morgan fingerprint density at radius 1 is 1.00 bits per heavy atom. The van der Waals surface area contributed by atoms with E-state index in [1.807, 2.05) is 60.7 Å². The number of benzene rings is 2. The van der Waals surface area contributed by atoms with Gasteiger partial charge in [0, 0.05) is 19.5 Å². The Bertz CT molecular complexity index is 502. The van der Waals surface area contributed by atoms with E-state index in [2.05, 4.69) is 0 Å². The topological polar surface area (TPSA) is 26.3 Å². The third kappa shape index (κ3) is 4.51. The first kappa shape index (κ1) is 16.0. The molecule has 0 spiro atoms. The monoisotopic (exact) mass is 408 g/mol. The first-order valence-electron chi connectivity index (χ1n) is 5.55. The van der Waals surface area contributed by atoms with Crippen LogP contribution in [0.3, 0.4) is 0 Å². The van der Waals surface area contributed by atoms with Crippen molar-refractivity contribution in [3.8, 4) is 0 Å². The average molecular weight is 407 g/mol. The molecular weight excluding hydrogens is 394 g/mol. The van der Waals surface area contributed by atoms with Gasteiger partial charge < -0.3 is 0 Å². The SMILES string of the molecule is COC(=O)[C-]([Se]c1ccccc1)c1ccccc1.[Rh]. The molecule has 0 saturated carbocycles. The molecule has 0 amide bonds. The maximum Gasteiger partial charge on any atom is 0 e. The van der Waals surface area contributed by atoms with Gasteiger partial charge in [0.1, 0.15) is 0 Å². The Morgan fingerprint density at radius 3 is 2.05 bits per heavy atom. The van der Waals surface area contributed by atoms with Crippen molar-refractivity contribution in [2.45, 2.75) is 0 Å². The number of hydrogen-bond donors (Lipinski definition) is 0. The second-order valence-electron chi connectivity index (χ2n) is 3.60. The van der Waals surface area contributed by atoms with Crippen LogP contribution in [0.2, 0.25) is 0 Å². The molecule has 0 saturated heterocycles. The number of methoxy groups -OCH3 is 1. The van der Waals surface area contributed by atoms with E-state index < -0.39 is 0 Å². The van der Waals surface area contributed by atoms with Gasteiger partial charge in [0.25, 0.3) is 0 Å².